The lowest BCUT2D eigenvalue weighted by Gasteiger charge is -2.27. The number of likely N-dealkylation sites (N-methyl/N-ethyl adjacent to an activating group) is 1. The van der Waals surface area contributed by atoms with Gasteiger partial charge in [-0.15, -0.1) is 0 Å². The smallest absolute Gasteiger partial charge is 0.274 e. The minimum absolute atomic E-state index is 0.118. The molecule has 2 aliphatic heterocycles. The van der Waals surface area contributed by atoms with Gasteiger partial charge in [-0.1, -0.05) is 0 Å². The van der Waals surface area contributed by atoms with E-state index < -0.39 is 0 Å². The summed E-state index contributed by atoms with van der Waals surface area (Å²) < 4.78 is 1.86. The molecule has 2 bridgehead atoms. The maximum Gasteiger partial charge on any atom is 0.274 e. The van der Waals surface area contributed by atoms with E-state index in [-0.39, 0.29) is 5.91 Å². The standard InChI is InChI=1S/C15H24N4O/c1-11(2)18-9-7-14(16-18)15(20)19-12-4-5-13(19)10-17(3)8-6-12/h7,9,11-13H,4-6,8,10H2,1-3H3/t12-,13+/m0/s1. The number of nitrogens with zero attached hydrogens (tertiary/aromatic N) is 4. The lowest BCUT2D eigenvalue weighted by atomic mass is 10.1. The maximum absolute atomic E-state index is 12.8. The third kappa shape index (κ3) is 2.35. The van der Waals surface area contributed by atoms with Gasteiger partial charge in [0.05, 0.1) is 0 Å². The molecule has 2 aliphatic rings. The van der Waals surface area contributed by atoms with Crippen LogP contribution in [0.15, 0.2) is 12.3 Å². The minimum atomic E-state index is 0.118. The monoisotopic (exact) mass is 276 g/mol. The normalized spacial score (nSPS) is 27.1. The summed E-state index contributed by atoms with van der Waals surface area (Å²) in [7, 11) is 2.15. The van der Waals surface area contributed by atoms with Crippen LogP contribution in [-0.2, 0) is 0 Å². The van der Waals surface area contributed by atoms with Crippen LogP contribution in [0.3, 0.4) is 0 Å². The van der Waals surface area contributed by atoms with Crippen molar-refractivity contribution in [3.8, 4) is 0 Å². The van der Waals surface area contributed by atoms with Crippen molar-refractivity contribution in [3.63, 3.8) is 0 Å². The maximum atomic E-state index is 12.8. The molecule has 1 aromatic heterocycles. The summed E-state index contributed by atoms with van der Waals surface area (Å²) in [4.78, 5) is 17.2. The highest BCUT2D eigenvalue weighted by atomic mass is 16.2. The first-order valence-corrected chi connectivity index (χ1v) is 7.62. The average molecular weight is 276 g/mol. The molecule has 2 fully saturated rings. The molecule has 5 nitrogen and oxygen atoms in total. The molecular weight excluding hydrogens is 252 g/mol. The van der Waals surface area contributed by atoms with Gasteiger partial charge in [-0.25, -0.2) is 0 Å². The van der Waals surface area contributed by atoms with Crippen LogP contribution in [0.4, 0.5) is 0 Å². The van der Waals surface area contributed by atoms with E-state index >= 15 is 0 Å². The molecule has 3 heterocycles. The van der Waals surface area contributed by atoms with Crippen molar-refractivity contribution in [3.05, 3.63) is 18.0 Å². The topological polar surface area (TPSA) is 41.4 Å². The highest BCUT2D eigenvalue weighted by Gasteiger charge is 2.40. The van der Waals surface area contributed by atoms with Crippen LogP contribution in [0.2, 0.25) is 0 Å². The number of fused-ring (bicyclic) bond motifs is 2. The summed E-state index contributed by atoms with van der Waals surface area (Å²) in [5, 5.41) is 4.44. The zero-order valence-electron chi connectivity index (χ0n) is 12.6. The number of hydrogen-bond donors (Lipinski definition) is 0. The zero-order valence-corrected chi connectivity index (χ0v) is 12.6. The number of rotatable bonds is 2. The molecule has 2 saturated heterocycles. The second-order valence-corrected chi connectivity index (χ2v) is 6.42. The van der Waals surface area contributed by atoms with Gasteiger partial charge >= 0.3 is 0 Å². The van der Waals surface area contributed by atoms with Crippen molar-refractivity contribution < 1.29 is 4.79 Å². The van der Waals surface area contributed by atoms with Crippen LogP contribution in [-0.4, -0.2) is 57.7 Å². The molecule has 0 aliphatic carbocycles. The molecule has 0 spiro atoms. The van der Waals surface area contributed by atoms with Gasteiger partial charge in [-0.05, 0) is 52.8 Å². The first-order valence-electron chi connectivity index (χ1n) is 7.62. The lowest BCUT2D eigenvalue weighted by Crippen LogP contribution is -2.42. The minimum Gasteiger partial charge on any atom is -0.330 e. The van der Waals surface area contributed by atoms with E-state index in [0.29, 0.717) is 23.8 Å². The molecule has 5 heteroatoms. The van der Waals surface area contributed by atoms with Crippen LogP contribution >= 0.6 is 0 Å². The Bertz CT molecular complexity index is 496. The highest BCUT2D eigenvalue weighted by molar-refractivity contribution is 5.93. The fourth-order valence-electron chi connectivity index (χ4n) is 3.45. The molecule has 1 amide bonds. The number of hydrogen-bond acceptors (Lipinski definition) is 3. The molecule has 1 aromatic rings. The third-order valence-electron chi connectivity index (χ3n) is 4.58. The Labute approximate surface area is 120 Å². The fraction of sp³-hybridized carbons (Fsp3) is 0.733. The number of carbonyl (C=O) groups excluding carboxylic acids is 1. The van der Waals surface area contributed by atoms with Gasteiger partial charge in [-0.2, -0.15) is 5.10 Å². The molecule has 0 N–H and O–H groups in total. The van der Waals surface area contributed by atoms with E-state index in [2.05, 4.69) is 35.8 Å². The van der Waals surface area contributed by atoms with Gasteiger partial charge in [0.1, 0.15) is 5.69 Å². The van der Waals surface area contributed by atoms with Crippen molar-refractivity contribution in [2.45, 2.75) is 51.2 Å². The number of likely N-dealkylation sites (tertiary alicyclic amines) is 1. The lowest BCUT2D eigenvalue weighted by molar-refractivity contribution is 0.0666. The molecule has 2 atom stereocenters. The summed E-state index contributed by atoms with van der Waals surface area (Å²) in [6.45, 7) is 6.23. The average Bonchev–Trinajstić information content (AvgIpc) is 2.97. The van der Waals surface area contributed by atoms with Gasteiger partial charge < -0.3 is 9.80 Å². The Morgan fingerprint density at radius 3 is 2.75 bits per heavy atom. The van der Waals surface area contributed by atoms with Crippen LogP contribution in [0, 0.1) is 0 Å². The van der Waals surface area contributed by atoms with Crippen molar-refractivity contribution >= 4 is 5.91 Å². The fourth-order valence-corrected chi connectivity index (χ4v) is 3.45. The Morgan fingerprint density at radius 1 is 1.30 bits per heavy atom. The molecule has 0 aromatic carbocycles. The Hall–Kier alpha value is -1.36. The quantitative estimate of drug-likeness (QED) is 0.826. The van der Waals surface area contributed by atoms with E-state index in [4.69, 9.17) is 0 Å². The predicted octanol–water partition coefficient (Wildman–Crippen LogP) is 1.77. The van der Waals surface area contributed by atoms with Gasteiger partial charge in [0.15, 0.2) is 0 Å². The van der Waals surface area contributed by atoms with Gasteiger partial charge in [0.2, 0.25) is 0 Å². The number of carbonyl (C=O) groups is 1. The second kappa shape index (κ2) is 5.20. The summed E-state index contributed by atoms with van der Waals surface area (Å²) in [5.41, 5.74) is 0.597. The van der Waals surface area contributed by atoms with E-state index in [9.17, 15) is 4.79 Å². The first kappa shape index (κ1) is 13.6. The summed E-state index contributed by atoms with van der Waals surface area (Å²) in [6, 6.07) is 2.92. The van der Waals surface area contributed by atoms with E-state index in [1.165, 1.54) is 0 Å². The van der Waals surface area contributed by atoms with Gasteiger partial charge in [-0.3, -0.25) is 9.48 Å². The Morgan fingerprint density at radius 2 is 2.05 bits per heavy atom. The molecule has 3 rings (SSSR count). The van der Waals surface area contributed by atoms with Gasteiger partial charge in [0, 0.05) is 30.9 Å². The zero-order chi connectivity index (χ0) is 14.3. The van der Waals surface area contributed by atoms with Crippen LogP contribution in [0.5, 0.6) is 0 Å². The molecule has 0 saturated carbocycles. The number of amides is 1. The predicted molar refractivity (Wildman–Crippen MR) is 77.7 cm³/mol. The largest absolute Gasteiger partial charge is 0.330 e. The highest BCUT2D eigenvalue weighted by Crippen LogP contribution is 2.31. The third-order valence-corrected chi connectivity index (χ3v) is 4.58. The molecule has 0 radical (unpaired) electrons. The summed E-state index contributed by atoms with van der Waals surface area (Å²) in [5.74, 6) is 0.118. The van der Waals surface area contributed by atoms with Crippen molar-refractivity contribution in [2.75, 3.05) is 20.1 Å². The second-order valence-electron chi connectivity index (χ2n) is 6.42. The Balaban J connectivity index is 1.82. The van der Waals surface area contributed by atoms with Crippen LogP contribution in [0.1, 0.15) is 49.6 Å². The SMILES string of the molecule is CC(C)n1ccc(C(=O)N2[C@H]3CC[C@@H]2CN(C)CC3)n1. The molecule has 0 unspecified atom stereocenters. The number of aromatic nitrogens is 2. The Kier molecular flexibility index (Phi) is 3.54. The van der Waals surface area contributed by atoms with Gasteiger partial charge in [0.25, 0.3) is 5.91 Å². The van der Waals surface area contributed by atoms with E-state index in [0.717, 1.165) is 32.4 Å². The van der Waals surface area contributed by atoms with E-state index in [1.807, 2.05) is 16.9 Å². The summed E-state index contributed by atoms with van der Waals surface area (Å²) >= 11 is 0. The van der Waals surface area contributed by atoms with E-state index in [1.54, 1.807) is 0 Å². The van der Waals surface area contributed by atoms with Crippen molar-refractivity contribution in [2.24, 2.45) is 0 Å². The van der Waals surface area contributed by atoms with Crippen molar-refractivity contribution in [1.82, 2.24) is 19.6 Å². The molecule has 20 heavy (non-hydrogen) atoms. The van der Waals surface area contributed by atoms with Crippen LogP contribution in [0.25, 0.3) is 0 Å². The van der Waals surface area contributed by atoms with Crippen molar-refractivity contribution in [1.29, 1.82) is 0 Å². The first-order chi connectivity index (χ1) is 9.56. The van der Waals surface area contributed by atoms with Crippen LogP contribution < -0.4 is 0 Å². The molecule has 110 valence electrons. The molecular formula is C15H24N4O. The summed E-state index contributed by atoms with van der Waals surface area (Å²) in [6.07, 6.45) is 5.27.